The Morgan fingerprint density at radius 3 is 2.80 bits per heavy atom. The van der Waals surface area contributed by atoms with Gasteiger partial charge in [-0.2, -0.15) is 5.10 Å². The highest BCUT2D eigenvalue weighted by molar-refractivity contribution is 5.32. The van der Waals surface area contributed by atoms with Gasteiger partial charge in [-0.05, 0) is 32.6 Å². The lowest BCUT2D eigenvalue weighted by Crippen LogP contribution is -2.28. The molecule has 0 aromatic carbocycles. The molecule has 4 heteroatoms. The largest absolute Gasteiger partial charge is 0.493 e. The van der Waals surface area contributed by atoms with Crippen LogP contribution in [0.3, 0.4) is 0 Å². The molecule has 0 radical (unpaired) electrons. The predicted molar refractivity (Wildman–Crippen MR) is 56.7 cm³/mol. The average molecular weight is 210 g/mol. The molecule has 1 aliphatic carbocycles. The van der Waals surface area contributed by atoms with E-state index in [1.807, 2.05) is 18.5 Å². The molecule has 1 aliphatic rings. The summed E-state index contributed by atoms with van der Waals surface area (Å²) in [5.74, 6) is 1.04. The van der Waals surface area contributed by atoms with Gasteiger partial charge >= 0.3 is 0 Å². The molecule has 2 rings (SSSR count). The standard InChI is InChI=1S/C11H18N2O2/c1-4-13-10(9(15-3)7-12-13)11(2,14)8-5-6-8/h7-8,14H,4-6H2,1-3H3. The molecule has 0 saturated heterocycles. The van der Waals surface area contributed by atoms with Gasteiger partial charge in [-0.1, -0.05) is 0 Å². The van der Waals surface area contributed by atoms with Gasteiger partial charge in [0.1, 0.15) is 11.3 Å². The summed E-state index contributed by atoms with van der Waals surface area (Å²) in [6, 6.07) is 0. The van der Waals surface area contributed by atoms with Crippen molar-refractivity contribution < 1.29 is 9.84 Å². The van der Waals surface area contributed by atoms with Crippen LogP contribution in [0.1, 0.15) is 32.4 Å². The van der Waals surface area contributed by atoms with Crippen molar-refractivity contribution in [2.75, 3.05) is 7.11 Å². The topological polar surface area (TPSA) is 47.3 Å². The first kappa shape index (κ1) is 10.5. The van der Waals surface area contributed by atoms with Crippen molar-refractivity contribution >= 4 is 0 Å². The van der Waals surface area contributed by atoms with Gasteiger partial charge in [-0.3, -0.25) is 4.68 Å². The minimum absolute atomic E-state index is 0.355. The van der Waals surface area contributed by atoms with Crippen LogP contribution in [0.15, 0.2) is 6.20 Å². The number of nitrogens with zero attached hydrogens (tertiary/aromatic N) is 2. The fourth-order valence-corrected chi connectivity index (χ4v) is 2.11. The summed E-state index contributed by atoms with van der Waals surface area (Å²) in [5.41, 5.74) is 0.00713. The van der Waals surface area contributed by atoms with Crippen molar-refractivity contribution in [3.63, 3.8) is 0 Å². The first-order valence-corrected chi connectivity index (χ1v) is 5.43. The maximum atomic E-state index is 10.5. The Morgan fingerprint density at radius 1 is 1.67 bits per heavy atom. The average Bonchev–Trinajstić information content (AvgIpc) is 2.97. The Balaban J connectivity index is 2.43. The first-order valence-electron chi connectivity index (χ1n) is 5.43. The van der Waals surface area contributed by atoms with Crippen LogP contribution in [0.2, 0.25) is 0 Å². The Kier molecular flexibility index (Phi) is 2.46. The van der Waals surface area contributed by atoms with Gasteiger partial charge in [0.25, 0.3) is 0 Å². The van der Waals surface area contributed by atoms with E-state index >= 15 is 0 Å². The molecule has 1 atom stereocenters. The van der Waals surface area contributed by atoms with Crippen LogP contribution in [0.25, 0.3) is 0 Å². The number of hydrogen-bond acceptors (Lipinski definition) is 3. The summed E-state index contributed by atoms with van der Waals surface area (Å²) < 4.78 is 7.07. The number of aryl methyl sites for hydroxylation is 1. The summed E-state index contributed by atoms with van der Waals surface area (Å²) >= 11 is 0. The van der Waals surface area contributed by atoms with E-state index in [1.165, 1.54) is 0 Å². The fourth-order valence-electron chi connectivity index (χ4n) is 2.11. The van der Waals surface area contributed by atoms with Gasteiger partial charge in [0.15, 0.2) is 5.75 Å². The molecule has 1 saturated carbocycles. The highest BCUT2D eigenvalue weighted by Crippen LogP contribution is 2.47. The third-order valence-corrected chi connectivity index (χ3v) is 3.18. The van der Waals surface area contributed by atoms with E-state index in [0.29, 0.717) is 11.7 Å². The van der Waals surface area contributed by atoms with Crippen LogP contribution in [0.4, 0.5) is 0 Å². The summed E-state index contributed by atoms with van der Waals surface area (Å²) in [5, 5.41) is 14.7. The van der Waals surface area contributed by atoms with Crippen molar-refractivity contribution in [3.8, 4) is 5.75 Å². The van der Waals surface area contributed by atoms with Crippen LogP contribution < -0.4 is 4.74 Å². The molecule has 0 bridgehead atoms. The molecule has 1 unspecified atom stereocenters. The molecule has 15 heavy (non-hydrogen) atoms. The fraction of sp³-hybridized carbons (Fsp3) is 0.727. The lowest BCUT2D eigenvalue weighted by Gasteiger charge is -2.24. The predicted octanol–water partition coefficient (Wildman–Crippen LogP) is 1.53. The van der Waals surface area contributed by atoms with Crippen LogP contribution in [0, 0.1) is 5.92 Å². The molecular weight excluding hydrogens is 192 g/mol. The second kappa shape index (κ2) is 3.52. The third kappa shape index (κ3) is 1.63. The summed E-state index contributed by atoms with van der Waals surface area (Å²) in [7, 11) is 1.61. The summed E-state index contributed by atoms with van der Waals surface area (Å²) in [6.45, 7) is 4.62. The lowest BCUT2D eigenvalue weighted by molar-refractivity contribution is 0.0216. The number of ether oxygens (including phenoxy) is 1. The smallest absolute Gasteiger partial charge is 0.162 e. The molecule has 1 aromatic heterocycles. The number of aliphatic hydroxyl groups is 1. The van der Waals surface area contributed by atoms with Crippen molar-refractivity contribution in [3.05, 3.63) is 11.9 Å². The van der Waals surface area contributed by atoms with Gasteiger partial charge < -0.3 is 9.84 Å². The maximum Gasteiger partial charge on any atom is 0.162 e. The van der Waals surface area contributed by atoms with E-state index in [1.54, 1.807) is 13.3 Å². The zero-order valence-electron chi connectivity index (χ0n) is 9.53. The van der Waals surface area contributed by atoms with Crippen LogP contribution >= 0.6 is 0 Å². The second-order valence-electron chi connectivity index (χ2n) is 4.30. The van der Waals surface area contributed by atoms with E-state index in [9.17, 15) is 5.11 Å². The van der Waals surface area contributed by atoms with Crippen molar-refractivity contribution in [2.45, 2.75) is 38.8 Å². The van der Waals surface area contributed by atoms with E-state index < -0.39 is 5.60 Å². The minimum Gasteiger partial charge on any atom is -0.493 e. The molecule has 0 aliphatic heterocycles. The molecule has 84 valence electrons. The Morgan fingerprint density at radius 2 is 2.33 bits per heavy atom. The van der Waals surface area contributed by atoms with Gasteiger partial charge in [-0.15, -0.1) is 0 Å². The molecular formula is C11H18N2O2. The van der Waals surface area contributed by atoms with Crippen molar-refractivity contribution in [1.29, 1.82) is 0 Å². The maximum absolute atomic E-state index is 10.5. The van der Waals surface area contributed by atoms with Crippen LogP contribution in [0.5, 0.6) is 5.75 Å². The zero-order chi connectivity index (χ0) is 11.1. The normalized spacial score (nSPS) is 20.0. The first-order chi connectivity index (χ1) is 7.11. The summed E-state index contributed by atoms with van der Waals surface area (Å²) in [4.78, 5) is 0. The molecule has 1 heterocycles. The van der Waals surface area contributed by atoms with E-state index in [0.717, 1.165) is 25.1 Å². The van der Waals surface area contributed by atoms with Crippen LogP contribution in [-0.2, 0) is 12.1 Å². The molecule has 0 spiro atoms. The number of methoxy groups -OCH3 is 1. The van der Waals surface area contributed by atoms with Gasteiger partial charge in [0.2, 0.25) is 0 Å². The van der Waals surface area contributed by atoms with E-state index in [2.05, 4.69) is 5.10 Å². The van der Waals surface area contributed by atoms with E-state index in [-0.39, 0.29) is 0 Å². The lowest BCUT2D eigenvalue weighted by atomic mass is 9.95. The van der Waals surface area contributed by atoms with Crippen molar-refractivity contribution in [2.24, 2.45) is 5.92 Å². The third-order valence-electron chi connectivity index (χ3n) is 3.18. The SMILES string of the molecule is CCn1ncc(OC)c1C(C)(O)C1CC1. The Bertz CT molecular complexity index is 332. The molecule has 1 fully saturated rings. The highest BCUT2D eigenvalue weighted by atomic mass is 16.5. The summed E-state index contributed by atoms with van der Waals surface area (Å²) in [6.07, 6.45) is 3.85. The number of rotatable bonds is 4. The molecule has 1 aromatic rings. The molecule has 0 amide bonds. The molecule has 1 N–H and O–H groups in total. The number of aromatic nitrogens is 2. The quantitative estimate of drug-likeness (QED) is 0.819. The van der Waals surface area contributed by atoms with E-state index in [4.69, 9.17) is 4.74 Å². The van der Waals surface area contributed by atoms with Gasteiger partial charge in [-0.25, -0.2) is 0 Å². The Hall–Kier alpha value is -1.03. The monoisotopic (exact) mass is 210 g/mol. The second-order valence-corrected chi connectivity index (χ2v) is 4.30. The van der Waals surface area contributed by atoms with Crippen LogP contribution in [-0.4, -0.2) is 22.0 Å². The van der Waals surface area contributed by atoms with Crippen molar-refractivity contribution in [1.82, 2.24) is 9.78 Å². The van der Waals surface area contributed by atoms with Gasteiger partial charge in [0, 0.05) is 6.54 Å². The zero-order valence-corrected chi connectivity index (χ0v) is 9.53. The minimum atomic E-state index is -0.808. The highest BCUT2D eigenvalue weighted by Gasteiger charge is 2.45. The van der Waals surface area contributed by atoms with Gasteiger partial charge in [0.05, 0.1) is 13.3 Å². The molecule has 4 nitrogen and oxygen atoms in total. The number of hydrogen-bond donors (Lipinski definition) is 1. The Labute approximate surface area is 89.9 Å².